The Labute approximate surface area is 115 Å². The fraction of sp³-hybridized carbons (Fsp3) is 0.733. The summed E-state index contributed by atoms with van der Waals surface area (Å²) in [6.07, 6.45) is 1.19. The Hall–Kier alpha value is -0.380. The van der Waals surface area contributed by atoms with Gasteiger partial charge in [0, 0.05) is 36.1 Å². The van der Waals surface area contributed by atoms with Crippen LogP contribution in [0, 0.1) is 5.92 Å². The summed E-state index contributed by atoms with van der Waals surface area (Å²) in [5.74, 6) is 0.707. The average molecular weight is 266 g/mol. The van der Waals surface area contributed by atoms with E-state index in [1.54, 1.807) is 0 Å². The van der Waals surface area contributed by atoms with Crippen LogP contribution < -0.4 is 5.32 Å². The molecule has 0 spiro atoms. The van der Waals surface area contributed by atoms with Gasteiger partial charge in [-0.3, -0.25) is 4.90 Å². The van der Waals surface area contributed by atoms with Gasteiger partial charge in [0.25, 0.3) is 0 Å². The van der Waals surface area contributed by atoms with E-state index in [2.05, 4.69) is 55.4 Å². The SMILES string of the molecule is CCC1(C)CN(Cc2cccs2)C(C(C)C)CN1. The lowest BCUT2D eigenvalue weighted by atomic mass is 9.90. The number of nitrogens with zero attached hydrogens (tertiary/aromatic N) is 1. The van der Waals surface area contributed by atoms with Crippen molar-refractivity contribution in [2.45, 2.75) is 52.2 Å². The minimum absolute atomic E-state index is 0.280. The van der Waals surface area contributed by atoms with Gasteiger partial charge in [0.15, 0.2) is 0 Å². The lowest BCUT2D eigenvalue weighted by Crippen LogP contribution is -2.63. The smallest absolute Gasteiger partial charge is 0.0332 e. The van der Waals surface area contributed by atoms with Gasteiger partial charge in [-0.2, -0.15) is 0 Å². The van der Waals surface area contributed by atoms with Crippen LogP contribution in [-0.4, -0.2) is 29.6 Å². The first-order chi connectivity index (χ1) is 8.54. The zero-order valence-corrected chi connectivity index (χ0v) is 12.9. The fourth-order valence-corrected chi connectivity index (χ4v) is 3.50. The lowest BCUT2D eigenvalue weighted by molar-refractivity contribution is 0.0547. The summed E-state index contributed by atoms with van der Waals surface area (Å²) in [7, 11) is 0. The molecule has 2 atom stereocenters. The third kappa shape index (κ3) is 3.14. The molecule has 0 bridgehead atoms. The van der Waals surface area contributed by atoms with Gasteiger partial charge in [0.1, 0.15) is 0 Å². The number of piperazine rings is 1. The maximum Gasteiger partial charge on any atom is 0.0332 e. The topological polar surface area (TPSA) is 15.3 Å². The van der Waals surface area contributed by atoms with Crippen LogP contribution in [0.25, 0.3) is 0 Å². The van der Waals surface area contributed by atoms with E-state index in [9.17, 15) is 0 Å². The first-order valence-corrected chi connectivity index (χ1v) is 7.93. The molecule has 1 aliphatic rings. The van der Waals surface area contributed by atoms with Crippen molar-refractivity contribution in [1.82, 2.24) is 10.2 Å². The van der Waals surface area contributed by atoms with Crippen LogP contribution in [0.2, 0.25) is 0 Å². The minimum Gasteiger partial charge on any atom is -0.309 e. The highest BCUT2D eigenvalue weighted by Crippen LogP contribution is 2.25. The van der Waals surface area contributed by atoms with Crippen LogP contribution in [0.15, 0.2) is 17.5 Å². The van der Waals surface area contributed by atoms with E-state index in [4.69, 9.17) is 0 Å². The van der Waals surface area contributed by atoms with Crippen molar-refractivity contribution in [3.63, 3.8) is 0 Å². The van der Waals surface area contributed by atoms with Crippen molar-refractivity contribution >= 4 is 11.3 Å². The molecule has 18 heavy (non-hydrogen) atoms. The van der Waals surface area contributed by atoms with E-state index >= 15 is 0 Å². The van der Waals surface area contributed by atoms with Crippen LogP contribution in [0.1, 0.15) is 39.0 Å². The van der Waals surface area contributed by atoms with Crippen molar-refractivity contribution < 1.29 is 0 Å². The zero-order valence-electron chi connectivity index (χ0n) is 12.1. The third-order valence-corrected chi connectivity index (χ3v) is 5.11. The van der Waals surface area contributed by atoms with Gasteiger partial charge in [-0.25, -0.2) is 0 Å². The Morgan fingerprint density at radius 2 is 2.33 bits per heavy atom. The van der Waals surface area contributed by atoms with Crippen LogP contribution in [-0.2, 0) is 6.54 Å². The Bertz CT molecular complexity index is 361. The van der Waals surface area contributed by atoms with Gasteiger partial charge in [0.2, 0.25) is 0 Å². The molecule has 2 unspecified atom stereocenters. The maximum absolute atomic E-state index is 3.75. The second kappa shape index (κ2) is 5.72. The number of nitrogens with one attached hydrogen (secondary N) is 1. The zero-order chi connectivity index (χ0) is 13.2. The normalized spacial score (nSPS) is 29.9. The Kier molecular flexibility index (Phi) is 4.46. The summed E-state index contributed by atoms with van der Waals surface area (Å²) in [6.45, 7) is 12.7. The van der Waals surface area contributed by atoms with Crippen LogP contribution >= 0.6 is 11.3 Å². The highest BCUT2D eigenvalue weighted by Gasteiger charge is 2.35. The van der Waals surface area contributed by atoms with Crippen molar-refractivity contribution in [3.8, 4) is 0 Å². The summed E-state index contributed by atoms with van der Waals surface area (Å²) in [5, 5.41) is 5.93. The van der Waals surface area contributed by atoms with Gasteiger partial charge in [-0.05, 0) is 30.7 Å². The Morgan fingerprint density at radius 3 is 2.89 bits per heavy atom. The third-order valence-electron chi connectivity index (χ3n) is 4.25. The van der Waals surface area contributed by atoms with Crippen molar-refractivity contribution in [3.05, 3.63) is 22.4 Å². The molecular weight excluding hydrogens is 240 g/mol. The summed E-state index contributed by atoms with van der Waals surface area (Å²) in [5.41, 5.74) is 0.280. The van der Waals surface area contributed by atoms with Crippen LogP contribution in [0.5, 0.6) is 0 Å². The number of hydrogen-bond donors (Lipinski definition) is 1. The molecule has 3 heteroatoms. The van der Waals surface area contributed by atoms with Gasteiger partial charge < -0.3 is 5.32 Å². The van der Waals surface area contributed by atoms with Crippen LogP contribution in [0.3, 0.4) is 0 Å². The predicted octanol–water partition coefficient (Wildman–Crippen LogP) is 3.35. The first-order valence-electron chi connectivity index (χ1n) is 7.05. The largest absolute Gasteiger partial charge is 0.309 e. The maximum atomic E-state index is 3.75. The van der Waals surface area contributed by atoms with Gasteiger partial charge in [-0.15, -0.1) is 11.3 Å². The van der Waals surface area contributed by atoms with Crippen molar-refractivity contribution in [2.75, 3.05) is 13.1 Å². The molecule has 102 valence electrons. The molecular formula is C15H26N2S. The van der Waals surface area contributed by atoms with Crippen molar-refractivity contribution in [2.24, 2.45) is 5.92 Å². The summed E-state index contributed by atoms with van der Waals surface area (Å²) < 4.78 is 0. The molecule has 0 aliphatic carbocycles. The molecule has 0 amide bonds. The highest BCUT2D eigenvalue weighted by atomic mass is 32.1. The summed E-state index contributed by atoms with van der Waals surface area (Å²) in [6, 6.07) is 5.07. The van der Waals surface area contributed by atoms with E-state index in [0.29, 0.717) is 12.0 Å². The fourth-order valence-electron chi connectivity index (χ4n) is 2.77. The van der Waals surface area contributed by atoms with E-state index in [1.165, 1.54) is 11.3 Å². The Morgan fingerprint density at radius 1 is 1.56 bits per heavy atom. The van der Waals surface area contributed by atoms with Crippen molar-refractivity contribution in [1.29, 1.82) is 0 Å². The van der Waals surface area contributed by atoms with E-state index < -0.39 is 0 Å². The highest BCUT2D eigenvalue weighted by molar-refractivity contribution is 7.09. The molecule has 2 rings (SSSR count). The second-order valence-corrected chi connectivity index (χ2v) is 7.12. The van der Waals surface area contributed by atoms with E-state index in [1.807, 2.05) is 11.3 Å². The van der Waals surface area contributed by atoms with E-state index in [-0.39, 0.29) is 5.54 Å². The molecule has 0 aromatic carbocycles. The molecule has 1 saturated heterocycles. The molecule has 2 nitrogen and oxygen atoms in total. The number of thiophene rings is 1. The van der Waals surface area contributed by atoms with Gasteiger partial charge >= 0.3 is 0 Å². The molecule has 1 aromatic rings. The molecule has 0 radical (unpaired) electrons. The second-order valence-electron chi connectivity index (χ2n) is 6.09. The standard InChI is InChI=1S/C15H26N2S/c1-5-15(4)11-17(10-13-7-6-8-18-13)14(9-16-15)12(2)3/h6-8,12,14,16H,5,9-11H2,1-4H3. The number of hydrogen-bond acceptors (Lipinski definition) is 3. The molecule has 0 saturated carbocycles. The first kappa shape index (κ1) is 14.0. The van der Waals surface area contributed by atoms with Gasteiger partial charge in [0.05, 0.1) is 0 Å². The predicted molar refractivity (Wildman–Crippen MR) is 80.1 cm³/mol. The summed E-state index contributed by atoms with van der Waals surface area (Å²) >= 11 is 1.88. The molecule has 1 fully saturated rings. The monoisotopic (exact) mass is 266 g/mol. The molecule has 1 aromatic heterocycles. The molecule has 1 N–H and O–H groups in total. The quantitative estimate of drug-likeness (QED) is 0.899. The van der Waals surface area contributed by atoms with Crippen LogP contribution in [0.4, 0.5) is 0 Å². The molecule has 1 aliphatic heterocycles. The molecule has 2 heterocycles. The number of rotatable bonds is 4. The van der Waals surface area contributed by atoms with E-state index in [0.717, 1.165) is 19.6 Å². The average Bonchev–Trinajstić information content (AvgIpc) is 2.81. The Balaban J connectivity index is 2.09. The lowest BCUT2D eigenvalue weighted by Gasteiger charge is -2.47. The van der Waals surface area contributed by atoms with Gasteiger partial charge in [-0.1, -0.05) is 26.8 Å². The minimum atomic E-state index is 0.280. The summed E-state index contributed by atoms with van der Waals surface area (Å²) in [4.78, 5) is 4.16.